The van der Waals surface area contributed by atoms with Gasteiger partial charge in [-0.2, -0.15) is 0 Å². The lowest BCUT2D eigenvalue weighted by Crippen LogP contribution is -2.37. The number of hydrogen-bond acceptors (Lipinski definition) is 3. The zero-order chi connectivity index (χ0) is 17.9. The van der Waals surface area contributed by atoms with E-state index in [1.165, 1.54) is 0 Å². The van der Waals surface area contributed by atoms with Crippen molar-refractivity contribution in [3.8, 4) is 0 Å². The van der Waals surface area contributed by atoms with E-state index >= 15 is 0 Å². The van der Waals surface area contributed by atoms with E-state index in [9.17, 15) is 13.2 Å². The normalized spacial score (nSPS) is 11.2. The number of amides is 1. The summed E-state index contributed by atoms with van der Waals surface area (Å²) >= 11 is 8.02. The zero-order valence-electron chi connectivity index (χ0n) is 13.1. The van der Waals surface area contributed by atoms with Crippen LogP contribution in [0.5, 0.6) is 0 Å². The van der Waals surface area contributed by atoms with Gasteiger partial charge in [-0.3, -0.25) is 9.10 Å². The third-order valence-corrected chi connectivity index (χ3v) is 5.36. The molecular weight excluding hydrogens is 463 g/mol. The van der Waals surface area contributed by atoms with Gasteiger partial charge in [-0.15, -0.1) is 0 Å². The number of aryl methyl sites for hydroxylation is 1. The van der Waals surface area contributed by atoms with Gasteiger partial charge in [-0.25, -0.2) is 8.42 Å². The Morgan fingerprint density at radius 3 is 2.38 bits per heavy atom. The van der Waals surface area contributed by atoms with Crippen LogP contribution in [0.25, 0.3) is 0 Å². The van der Waals surface area contributed by atoms with E-state index in [0.29, 0.717) is 16.4 Å². The van der Waals surface area contributed by atoms with Gasteiger partial charge >= 0.3 is 0 Å². The van der Waals surface area contributed by atoms with Gasteiger partial charge in [-0.1, -0.05) is 11.6 Å². The first-order valence-electron chi connectivity index (χ1n) is 6.96. The van der Waals surface area contributed by atoms with Crippen LogP contribution < -0.4 is 9.62 Å². The number of halogens is 2. The highest BCUT2D eigenvalue weighted by atomic mass is 127. The van der Waals surface area contributed by atoms with Crippen molar-refractivity contribution >= 4 is 61.5 Å². The SMILES string of the molecule is Cc1cc(Cl)ccc1NC(=O)CN(c1ccc(I)cc1)S(C)(=O)=O. The summed E-state index contributed by atoms with van der Waals surface area (Å²) in [6.45, 7) is 1.51. The summed E-state index contributed by atoms with van der Waals surface area (Å²) in [4.78, 5) is 12.3. The molecule has 0 saturated heterocycles. The molecule has 5 nitrogen and oxygen atoms in total. The molecule has 24 heavy (non-hydrogen) atoms. The molecule has 0 fully saturated rings. The summed E-state index contributed by atoms with van der Waals surface area (Å²) in [6.07, 6.45) is 1.08. The van der Waals surface area contributed by atoms with Gasteiger partial charge in [0.05, 0.1) is 11.9 Å². The quantitative estimate of drug-likeness (QED) is 0.667. The van der Waals surface area contributed by atoms with E-state index in [1.54, 1.807) is 42.5 Å². The van der Waals surface area contributed by atoms with Gasteiger partial charge in [0, 0.05) is 14.3 Å². The minimum Gasteiger partial charge on any atom is -0.324 e. The Morgan fingerprint density at radius 1 is 1.21 bits per heavy atom. The van der Waals surface area contributed by atoms with Crippen molar-refractivity contribution in [3.05, 3.63) is 56.6 Å². The highest BCUT2D eigenvalue weighted by Crippen LogP contribution is 2.21. The molecule has 2 rings (SSSR count). The molecule has 0 unspecified atom stereocenters. The molecule has 0 aliphatic rings. The van der Waals surface area contributed by atoms with Gasteiger partial charge in [0.15, 0.2) is 0 Å². The monoisotopic (exact) mass is 478 g/mol. The van der Waals surface area contributed by atoms with E-state index in [2.05, 4.69) is 27.9 Å². The molecule has 0 spiro atoms. The fourth-order valence-electron chi connectivity index (χ4n) is 2.09. The second kappa shape index (κ2) is 7.71. The van der Waals surface area contributed by atoms with Gasteiger partial charge < -0.3 is 5.32 Å². The Morgan fingerprint density at radius 2 is 1.83 bits per heavy atom. The second-order valence-corrected chi connectivity index (χ2v) is 8.84. The van der Waals surface area contributed by atoms with Crippen LogP contribution in [0.15, 0.2) is 42.5 Å². The molecule has 0 aliphatic heterocycles. The maximum Gasteiger partial charge on any atom is 0.245 e. The average molecular weight is 479 g/mol. The van der Waals surface area contributed by atoms with Crippen molar-refractivity contribution in [2.24, 2.45) is 0 Å². The standard InChI is InChI=1S/C16H16ClIN2O3S/c1-11-9-12(17)3-8-15(11)19-16(21)10-20(24(2,22)23)14-6-4-13(18)5-7-14/h3-9H,10H2,1-2H3,(H,19,21). The molecule has 1 amide bonds. The highest BCUT2D eigenvalue weighted by Gasteiger charge is 2.21. The largest absolute Gasteiger partial charge is 0.324 e. The molecule has 0 aliphatic carbocycles. The molecule has 2 aromatic carbocycles. The van der Waals surface area contributed by atoms with Crippen LogP contribution in [0.2, 0.25) is 5.02 Å². The molecule has 0 radical (unpaired) electrons. The Bertz CT molecular complexity index is 854. The summed E-state index contributed by atoms with van der Waals surface area (Å²) in [5.74, 6) is -0.426. The summed E-state index contributed by atoms with van der Waals surface area (Å²) in [5.41, 5.74) is 1.84. The average Bonchev–Trinajstić information content (AvgIpc) is 2.48. The lowest BCUT2D eigenvalue weighted by Gasteiger charge is -2.22. The number of sulfonamides is 1. The number of rotatable bonds is 5. The van der Waals surface area contributed by atoms with Crippen LogP contribution >= 0.6 is 34.2 Å². The fourth-order valence-corrected chi connectivity index (χ4v) is 3.54. The first kappa shape index (κ1) is 19.0. The number of nitrogens with zero attached hydrogens (tertiary/aromatic N) is 1. The lowest BCUT2D eigenvalue weighted by atomic mass is 10.2. The summed E-state index contributed by atoms with van der Waals surface area (Å²) in [7, 11) is -3.59. The minimum atomic E-state index is -3.59. The molecular formula is C16H16ClIN2O3S. The Labute approximate surface area is 160 Å². The van der Waals surface area contributed by atoms with Crippen LogP contribution in [-0.4, -0.2) is 27.1 Å². The molecule has 1 N–H and O–H groups in total. The van der Waals surface area contributed by atoms with Gasteiger partial charge in [0.25, 0.3) is 0 Å². The number of benzene rings is 2. The van der Waals surface area contributed by atoms with E-state index in [4.69, 9.17) is 11.6 Å². The van der Waals surface area contributed by atoms with Crippen LogP contribution in [0.3, 0.4) is 0 Å². The third kappa shape index (κ3) is 5.09. The maximum absolute atomic E-state index is 12.3. The molecule has 0 aromatic heterocycles. The van der Waals surface area contributed by atoms with E-state index in [-0.39, 0.29) is 6.54 Å². The van der Waals surface area contributed by atoms with E-state index in [1.807, 2.05) is 6.92 Å². The van der Waals surface area contributed by atoms with Crippen LogP contribution in [0.4, 0.5) is 11.4 Å². The molecule has 0 bridgehead atoms. The minimum absolute atomic E-state index is 0.304. The molecule has 0 saturated carbocycles. The number of nitrogens with one attached hydrogen (secondary N) is 1. The third-order valence-electron chi connectivity index (χ3n) is 3.26. The maximum atomic E-state index is 12.3. The summed E-state index contributed by atoms with van der Waals surface area (Å²) < 4.78 is 26.1. The van der Waals surface area contributed by atoms with Crippen molar-refractivity contribution in [1.82, 2.24) is 0 Å². The van der Waals surface area contributed by atoms with Crippen molar-refractivity contribution in [2.75, 3.05) is 22.4 Å². The van der Waals surface area contributed by atoms with Gasteiger partial charge in [-0.05, 0) is 77.5 Å². The summed E-state index contributed by atoms with van der Waals surface area (Å²) in [5, 5.41) is 3.29. The number of carbonyl (C=O) groups is 1. The van der Waals surface area contributed by atoms with Crippen molar-refractivity contribution in [1.29, 1.82) is 0 Å². The van der Waals surface area contributed by atoms with E-state index in [0.717, 1.165) is 19.7 Å². The zero-order valence-corrected chi connectivity index (χ0v) is 16.8. The van der Waals surface area contributed by atoms with Crippen LogP contribution in [-0.2, 0) is 14.8 Å². The Balaban J connectivity index is 2.20. The van der Waals surface area contributed by atoms with Crippen molar-refractivity contribution < 1.29 is 13.2 Å². The van der Waals surface area contributed by atoms with Crippen LogP contribution in [0, 0.1) is 10.5 Å². The van der Waals surface area contributed by atoms with Crippen molar-refractivity contribution in [3.63, 3.8) is 0 Å². The number of anilines is 2. The second-order valence-electron chi connectivity index (χ2n) is 5.25. The number of hydrogen-bond donors (Lipinski definition) is 1. The first-order valence-corrected chi connectivity index (χ1v) is 10.3. The first-order chi connectivity index (χ1) is 11.2. The smallest absolute Gasteiger partial charge is 0.245 e. The molecule has 2 aromatic rings. The van der Waals surface area contributed by atoms with Crippen molar-refractivity contribution in [2.45, 2.75) is 6.92 Å². The molecule has 0 heterocycles. The predicted octanol–water partition coefficient (Wildman–Crippen LogP) is 3.66. The topological polar surface area (TPSA) is 66.5 Å². The lowest BCUT2D eigenvalue weighted by molar-refractivity contribution is -0.114. The Kier molecular flexibility index (Phi) is 6.11. The van der Waals surface area contributed by atoms with Gasteiger partial charge in [0.1, 0.15) is 6.54 Å². The summed E-state index contributed by atoms with van der Waals surface area (Å²) in [6, 6.07) is 12.0. The molecule has 128 valence electrons. The predicted molar refractivity (Wildman–Crippen MR) is 106 cm³/mol. The Hall–Kier alpha value is -1.32. The molecule has 8 heteroatoms. The van der Waals surface area contributed by atoms with E-state index < -0.39 is 15.9 Å². The fraction of sp³-hybridized carbons (Fsp3) is 0.188. The highest BCUT2D eigenvalue weighted by molar-refractivity contribution is 14.1. The van der Waals surface area contributed by atoms with Gasteiger partial charge in [0.2, 0.25) is 15.9 Å². The molecule has 0 atom stereocenters. The number of carbonyl (C=O) groups excluding carboxylic acids is 1. The van der Waals surface area contributed by atoms with Crippen LogP contribution in [0.1, 0.15) is 5.56 Å².